The van der Waals surface area contributed by atoms with Crippen LogP contribution in [0.5, 0.6) is 5.75 Å². The van der Waals surface area contributed by atoms with E-state index in [9.17, 15) is 14.9 Å². The molecule has 0 unspecified atom stereocenters. The van der Waals surface area contributed by atoms with Crippen LogP contribution in [0.15, 0.2) is 47.1 Å². The topological polar surface area (TPSA) is 82.6 Å². The second kappa shape index (κ2) is 5.13. The number of ketones is 1. The highest BCUT2D eigenvalue weighted by Crippen LogP contribution is 2.25. The van der Waals surface area contributed by atoms with Gasteiger partial charge in [0.1, 0.15) is 0 Å². The Morgan fingerprint density at radius 3 is 2.72 bits per heavy atom. The molecule has 0 N–H and O–H groups in total. The first-order chi connectivity index (χ1) is 8.68. The fraction of sp³-hybridized carbons (Fsp3) is 0.0833. The van der Waals surface area contributed by atoms with E-state index in [1.807, 2.05) is 0 Å². The maximum atomic E-state index is 11.6. The fourth-order valence-electron chi connectivity index (χ4n) is 1.38. The maximum absolute atomic E-state index is 11.6. The summed E-state index contributed by atoms with van der Waals surface area (Å²) >= 11 is 0. The molecule has 0 amide bonds. The summed E-state index contributed by atoms with van der Waals surface area (Å²) in [6, 6.07) is 8.96. The average Bonchev–Trinajstić information content (AvgIpc) is 2.90. The molecular formula is C12H9NO5. The Labute approximate surface area is 102 Å². The van der Waals surface area contributed by atoms with Gasteiger partial charge in [-0.05, 0) is 18.2 Å². The summed E-state index contributed by atoms with van der Waals surface area (Å²) in [4.78, 5) is 21.7. The smallest absolute Gasteiger partial charge is 0.310 e. The normalized spacial score (nSPS) is 10.0. The molecule has 0 aliphatic carbocycles. The third kappa shape index (κ3) is 2.54. The SMILES string of the molecule is O=C(COc1ccccc1[N+](=O)[O-])c1ccco1. The molecule has 2 rings (SSSR count). The lowest BCUT2D eigenvalue weighted by Crippen LogP contribution is -2.11. The van der Waals surface area contributed by atoms with Crippen LogP contribution in [0.25, 0.3) is 0 Å². The molecule has 0 saturated heterocycles. The van der Waals surface area contributed by atoms with E-state index < -0.39 is 4.92 Å². The Kier molecular flexibility index (Phi) is 3.38. The zero-order valence-corrected chi connectivity index (χ0v) is 9.24. The second-order valence-electron chi connectivity index (χ2n) is 3.41. The molecule has 0 bridgehead atoms. The molecule has 0 spiro atoms. The van der Waals surface area contributed by atoms with Crippen molar-refractivity contribution in [3.63, 3.8) is 0 Å². The minimum atomic E-state index is -0.563. The highest BCUT2D eigenvalue weighted by atomic mass is 16.6. The number of rotatable bonds is 5. The molecule has 0 atom stereocenters. The van der Waals surface area contributed by atoms with E-state index in [2.05, 4.69) is 0 Å². The van der Waals surface area contributed by atoms with Crippen LogP contribution in [0.2, 0.25) is 0 Å². The molecule has 6 heteroatoms. The van der Waals surface area contributed by atoms with E-state index in [1.54, 1.807) is 12.1 Å². The Morgan fingerprint density at radius 2 is 2.06 bits per heavy atom. The highest BCUT2D eigenvalue weighted by molar-refractivity contribution is 5.94. The van der Waals surface area contributed by atoms with E-state index in [0.29, 0.717) is 0 Å². The monoisotopic (exact) mass is 247 g/mol. The van der Waals surface area contributed by atoms with Gasteiger partial charge in [-0.25, -0.2) is 0 Å². The van der Waals surface area contributed by atoms with Crippen molar-refractivity contribution in [2.75, 3.05) is 6.61 Å². The van der Waals surface area contributed by atoms with Crippen LogP contribution in [0, 0.1) is 10.1 Å². The zero-order valence-electron chi connectivity index (χ0n) is 9.24. The molecular weight excluding hydrogens is 238 g/mol. The maximum Gasteiger partial charge on any atom is 0.310 e. The second-order valence-corrected chi connectivity index (χ2v) is 3.41. The molecule has 18 heavy (non-hydrogen) atoms. The summed E-state index contributed by atoms with van der Waals surface area (Å²) in [5, 5.41) is 10.7. The predicted molar refractivity (Wildman–Crippen MR) is 61.6 cm³/mol. The van der Waals surface area contributed by atoms with Crippen LogP contribution in [0.4, 0.5) is 5.69 Å². The number of hydrogen-bond acceptors (Lipinski definition) is 5. The molecule has 0 radical (unpaired) electrons. The van der Waals surface area contributed by atoms with Crippen molar-refractivity contribution >= 4 is 11.5 Å². The number of benzene rings is 1. The Balaban J connectivity index is 2.07. The number of carbonyl (C=O) groups is 1. The average molecular weight is 247 g/mol. The predicted octanol–water partition coefficient (Wildman–Crippen LogP) is 2.45. The number of nitro groups is 1. The number of carbonyl (C=O) groups excluding carboxylic acids is 1. The van der Waals surface area contributed by atoms with Crippen molar-refractivity contribution in [1.82, 2.24) is 0 Å². The molecule has 2 aromatic rings. The number of furan rings is 1. The van der Waals surface area contributed by atoms with E-state index in [0.717, 1.165) is 0 Å². The molecule has 1 heterocycles. The fourth-order valence-corrected chi connectivity index (χ4v) is 1.38. The van der Waals surface area contributed by atoms with Crippen LogP contribution in [-0.2, 0) is 0 Å². The Bertz CT molecular complexity index is 562. The van der Waals surface area contributed by atoms with Crippen molar-refractivity contribution < 1.29 is 18.9 Å². The van der Waals surface area contributed by atoms with Crippen molar-refractivity contribution in [2.24, 2.45) is 0 Å². The van der Waals surface area contributed by atoms with E-state index >= 15 is 0 Å². The van der Waals surface area contributed by atoms with Crippen molar-refractivity contribution in [1.29, 1.82) is 0 Å². The van der Waals surface area contributed by atoms with Gasteiger partial charge in [0, 0.05) is 6.07 Å². The van der Waals surface area contributed by atoms with Crippen LogP contribution in [0.3, 0.4) is 0 Å². The molecule has 0 saturated carbocycles. The molecule has 0 aliphatic rings. The third-order valence-corrected chi connectivity index (χ3v) is 2.22. The van der Waals surface area contributed by atoms with E-state index in [4.69, 9.17) is 9.15 Å². The van der Waals surface area contributed by atoms with Gasteiger partial charge in [-0.1, -0.05) is 12.1 Å². The molecule has 1 aromatic heterocycles. The van der Waals surface area contributed by atoms with Crippen LogP contribution in [0.1, 0.15) is 10.6 Å². The van der Waals surface area contributed by atoms with Gasteiger partial charge >= 0.3 is 5.69 Å². The van der Waals surface area contributed by atoms with Gasteiger partial charge < -0.3 is 9.15 Å². The van der Waals surface area contributed by atoms with Crippen LogP contribution < -0.4 is 4.74 Å². The van der Waals surface area contributed by atoms with E-state index in [1.165, 1.54) is 30.5 Å². The largest absolute Gasteiger partial charge is 0.478 e. The standard InChI is InChI=1S/C12H9NO5/c14-10(12-6-3-7-17-12)8-18-11-5-2-1-4-9(11)13(15)16/h1-7H,8H2. The number of hydrogen-bond donors (Lipinski definition) is 0. The van der Waals surface area contributed by atoms with Crippen LogP contribution >= 0.6 is 0 Å². The summed E-state index contributed by atoms with van der Waals surface area (Å²) in [5.41, 5.74) is -0.176. The van der Waals surface area contributed by atoms with Gasteiger partial charge in [-0.3, -0.25) is 14.9 Å². The van der Waals surface area contributed by atoms with Gasteiger partial charge in [0.15, 0.2) is 18.1 Å². The van der Waals surface area contributed by atoms with Crippen molar-refractivity contribution in [3.05, 3.63) is 58.5 Å². The highest BCUT2D eigenvalue weighted by Gasteiger charge is 2.16. The van der Waals surface area contributed by atoms with Gasteiger partial charge in [-0.2, -0.15) is 0 Å². The summed E-state index contributed by atoms with van der Waals surface area (Å²) < 4.78 is 10.0. The molecule has 0 aliphatic heterocycles. The minimum Gasteiger partial charge on any atom is -0.478 e. The Hall–Kier alpha value is -2.63. The van der Waals surface area contributed by atoms with Crippen molar-refractivity contribution in [2.45, 2.75) is 0 Å². The third-order valence-electron chi connectivity index (χ3n) is 2.22. The molecule has 92 valence electrons. The number of ether oxygens (including phenoxy) is 1. The summed E-state index contributed by atoms with van der Waals surface area (Å²) in [5.74, 6) is -0.158. The Morgan fingerprint density at radius 1 is 1.28 bits per heavy atom. The van der Waals surface area contributed by atoms with E-state index in [-0.39, 0.29) is 29.6 Å². The lowest BCUT2D eigenvalue weighted by atomic mass is 10.3. The number of nitro benzene ring substituents is 1. The number of para-hydroxylation sites is 2. The first kappa shape index (κ1) is 11.8. The quantitative estimate of drug-likeness (QED) is 0.460. The summed E-state index contributed by atoms with van der Waals surface area (Å²) in [6.07, 6.45) is 1.37. The number of nitrogens with zero attached hydrogens (tertiary/aromatic N) is 1. The summed E-state index contributed by atoms with van der Waals surface area (Å²) in [6.45, 7) is -0.307. The molecule has 0 fully saturated rings. The lowest BCUT2D eigenvalue weighted by Gasteiger charge is -2.04. The van der Waals surface area contributed by atoms with Gasteiger partial charge in [0.2, 0.25) is 5.78 Å². The zero-order chi connectivity index (χ0) is 13.0. The first-order valence-corrected chi connectivity index (χ1v) is 5.11. The number of Topliss-reactive ketones (excluding diaryl/α,β-unsaturated/α-hetero) is 1. The van der Waals surface area contributed by atoms with Gasteiger partial charge in [-0.15, -0.1) is 0 Å². The first-order valence-electron chi connectivity index (χ1n) is 5.11. The van der Waals surface area contributed by atoms with Crippen molar-refractivity contribution in [3.8, 4) is 5.75 Å². The molecule has 1 aromatic carbocycles. The lowest BCUT2D eigenvalue weighted by molar-refractivity contribution is -0.385. The summed E-state index contributed by atoms with van der Waals surface area (Å²) in [7, 11) is 0. The van der Waals surface area contributed by atoms with Crippen LogP contribution in [-0.4, -0.2) is 17.3 Å². The van der Waals surface area contributed by atoms with Gasteiger partial charge in [0.25, 0.3) is 0 Å². The van der Waals surface area contributed by atoms with Gasteiger partial charge in [0.05, 0.1) is 11.2 Å². The minimum absolute atomic E-state index is 0.0578. The molecule has 6 nitrogen and oxygen atoms in total.